The van der Waals surface area contributed by atoms with Crippen LogP contribution in [0.25, 0.3) is 0 Å². The topological polar surface area (TPSA) is 49.3 Å². The number of nitrogens with zero attached hydrogens (tertiary/aromatic N) is 1. The highest BCUT2D eigenvalue weighted by Crippen LogP contribution is 2.33. The van der Waals surface area contributed by atoms with Crippen molar-refractivity contribution in [2.45, 2.75) is 46.5 Å². The van der Waals surface area contributed by atoms with Gasteiger partial charge in [0.15, 0.2) is 0 Å². The van der Waals surface area contributed by atoms with E-state index < -0.39 is 0 Å². The summed E-state index contributed by atoms with van der Waals surface area (Å²) in [4.78, 5) is 4.66. The van der Waals surface area contributed by atoms with E-state index in [9.17, 15) is 0 Å². The number of aryl methyl sites for hydroxylation is 2. The predicted octanol–water partition coefficient (Wildman–Crippen LogP) is 5.09. The van der Waals surface area contributed by atoms with Crippen LogP contribution in [0.1, 0.15) is 43.7 Å². The van der Waals surface area contributed by atoms with Gasteiger partial charge in [-0.3, -0.25) is 0 Å². The van der Waals surface area contributed by atoms with Gasteiger partial charge in [-0.05, 0) is 68.7 Å². The monoisotopic (exact) mass is 389 g/mol. The minimum atomic E-state index is 0.491. The molecule has 1 aromatic rings. The maximum absolute atomic E-state index is 6.29. The number of oxime groups is 1. The molecule has 0 heterocycles. The van der Waals surface area contributed by atoms with E-state index in [-0.39, 0.29) is 0 Å². The summed E-state index contributed by atoms with van der Waals surface area (Å²) in [6, 6.07) is 4.12. The zero-order chi connectivity index (χ0) is 20.2. The Morgan fingerprint density at radius 2 is 1.68 bits per heavy atom. The maximum atomic E-state index is 6.29. The molecule has 156 valence electrons. The van der Waals surface area contributed by atoms with Crippen LogP contribution in [0.2, 0.25) is 0 Å². The zero-order valence-electron chi connectivity index (χ0n) is 17.8. The van der Waals surface area contributed by atoms with Crippen LogP contribution in [0.4, 0.5) is 0 Å². The Morgan fingerprint density at radius 1 is 1.00 bits per heavy atom. The lowest BCUT2D eigenvalue weighted by atomic mass is 9.80. The molecule has 5 nitrogen and oxygen atoms in total. The minimum Gasteiger partial charge on any atom is -0.493 e. The molecule has 0 saturated heterocycles. The first-order valence-electron chi connectivity index (χ1n) is 10.3. The molecule has 0 aromatic heterocycles. The maximum Gasteiger partial charge on any atom is 0.125 e. The van der Waals surface area contributed by atoms with Crippen LogP contribution in [0.15, 0.2) is 29.4 Å². The van der Waals surface area contributed by atoms with E-state index in [2.05, 4.69) is 36.0 Å². The summed E-state index contributed by atoms with van der Waals surface area (Å²) >= 11 is 0. The second kappa shape index (κ2) is 12.4. The summed E-state index contributed by atoms with van der Waals surface area (Å²) in [5, 5.41) is 3.71. The minimum absolute atomic E-state index is 0.491. The summed E-state index contributed by atoms with van der Waals surface area (Å²) in [5.41, 5.74) is 2.24. The fraction of sp³-hybridized carbons (Fsp3) is 0.609. The van der Waals surface area contributed by atoms with Crippen LogP contribution in [-0.2, 0) is 9.57 Å². The highest BCUT2D eigenvalue weighted by Gasteiger charge is 2.26. The Balaban J connectivity index is 1.90. The van der Waals surface area contributed by atoms with Gasteiger partial charge in [-0.15, -0.1) is 0 Å². The van der Waals surface area contributed by atoms with Crippen molar-refractivity contribution in [3.63, 3.8) is 0 Å². The molecular weight excluding hydrogens is 354 g/mol. The summed E-state index contributed by atoms with van der Waals surface area (Å²) in [7, 11) is 1.54. The Morgan fingerprint density at radius 3 is 2.32 bits per heavy atom. The normalized spacial score (nSPS) is 20.0. The van der Waals surface area contributed by atoms with E-state index in [1.807, 2.05) is 19.1 Å². The van der Waals surface area contributed by atoms with Crippen molar-refractivity contribution in [1.82, 2.24) is 0 Å². The van der Waals surface area contributed by atoms with Crippen LogP contribution in [0.5, 0.6) is 11.5 Å². The summed E-state index contributed by atoms with van der Waals surface area (Å²) < 4.78 is 17.8. The molecule has 1 aromatic carbocycles. The van der Waals surface area contributed by atoms with Crippen molar-refractivity contribution in [3.8, 4) is 11.5 Å². The second-order valence-electron chi connectivity index (χ2n) is 7.39. The SMILES string of the molecule is C/C=C/COc1cc(C)c(OCC2CCCCC2COC/C=N/OC)c(C)c1. The van der Waals surface area contributed by atoms with E-state index in [0.717, 1.165) is 35.8 Å². The molecule has 2 atom stereocenters. The van der Waals surface area contributed by atoms with Crippen molar-refractivity contribution < 1.29 is 19.0 Å². The van der Waals surface area contributed by atoms with Gasteiger partial charge < -0.3 is 19.0 Å². The van der Waals surface area contributed by atoms with Gasteiger partial charge >= 0.3 is 0 Å². The number of hydrogen-bond donors (Lipinski definition) is 0. The lowest BCUT2D eigenvalue weighted by Gasteiger charge is -2.31. The summed E-state index contributed by atoms with van der Waals surface area (Å²) in [6.07, 6.45) is 10.6. The standard InChI is InChI=1S/C23H35NO4/c1-5-6-12-27-22-14-18(2)23(19(3)15-22)28-17-21-10-8-7-9-20(21)16-26-13-11-24-25-4/h5-6,11,14-15,20-21H,7-10,12-13,16-17H2,1-4H3/b6-5+,24-11+. The third-order valence-corrected chi connectivity index (χ3v) is 5.23. The summed E-state index contributed by atoms with van der Waals surface area (Å²) in [6.45, 7) is 8.73. The average Bonchev–Trinajstić information content (AvgIpc) is 2.68. The van der Waals surface area contributed by atoms with Crippen LogP contribution in [0.3, 0.4) is 0 Å². The molecule has 2 unspecified atom stereocenters. The van der Waals surface area contributed by atoms with Gasteiger partial charge in [-0.2, -0.15) is 0 Å². The molecule has 0 bridgehead atoms. The first kappa shape index (κ1) is 22.3. The smallest absolute Gasteiger partial charge is 0.125 e. The molecule has 0 aliphatic heterocycles. The molecule has 0 spiro atoms. The van der Waals surface area contributed by atoms with Crippen molar-refractivity contribution >= 4 is 6.21 Å². The Bertz CT molecular complexity index is 618. The molecule has 1 aliphatic rings. The van der Waals surface area contributed by atoms with Crippen LogP contribution in [-0.4, -0.2) is 39.8 Å². The quantitative estimate of drug-likeness (QED) is 0.229. The molecule has 0 N–H and O–H groups in total. The average molecular weight is 390 g/mol. The molecule has 2 rings (SSSR count). The van der Waals surface area contributed by atoms with E-state index in [0.29, 0.717) is 25.0 Å². The molecule has 1 fully saturated rings. The van der Waals surface area contributed by atoms with Gasteiger partial charge in [0.05, 0.1) is 26.0 Å². The number of benzene rings is 1. The molecule has 0 amide bonds. The van der Waals surface area contributed by atoms with E-state index in [1.165, 1.54) is 32.8 Å². The first-order valence-corrected chi connectivity index (χ1v) is 10.3. The van der Waals surface area contributed by atoms with Crippen LogP contribution < -0.4 is 9.47 Å². The molecular formula is C23H35NO4. The van der Waals surface area contributed by atoms with Crippen molar-refractivity contribution in [1.29, 1.82) is 0 Å². The van der Waals surface area contributed by atoms with Gasteiger partial charge in [0.25, 0.3) is 0 Å². The third-order valence-electron chi connectivity index (χ3n) is 5.23. The zero-order valence-corrected chi connectivity index (χ0v) is 17.8. The number of rotatable bonds is 11. The number of hydrogen-bond acceptors (Lipinski definition) is 5. The third kappa shape index (κ3) is 7.19. The molecule has 28 heavy (non-hydrogen) atoms. The van der Waals surface area contributed by atoms with Crippen molar-refractivity contribution in [2.24, 2.45) is 17.0 Å². The fourth-order valence-electron chi connectivity index (χ4n) is 3.75. The van der Waals surface area contributed by atoms with Gasteiger partial charge in [0, 0.05) is 0 Å². The Kier molecular flexibility index (Phi) is 9.91. The van der Waals surface area contributed by atoms with Crippen LogP contribution in [0, 0.1) is 25.7 Å². The van der Waals surface area contributed by atoms with E-state index in [1.54, 1.807) is 6.21 Å². The summed E-state index contributed by atoms with van der Waals surface area (Å²) in [5.74, 6) is 2.93. The van der Waals surface area contributed by atoms with Gasteiger partial charge in [-0.1, -0.05) is 30.1 Å². The first-order chi connectivity index (χ1) is 13.7. The van der Waals surface area contributed by atoms with E-state index >= 15 is 0 Å². The molecule has 1 saturated carbocycles. The van der Waals surface area contributed by atoms with E-state index in [4.69, 9.17) is 14.2 Å². The Hall–Kier alpha value is -2.01. The molecule has 0 radical (unpaired) electrons. The highest BCUT2D eigenvalue weighted by atomic mass is 16.6. The predicted molar refractivity (Wildman–Crippen MR) is 113 cm³/mol. The largest absolute Gasteiger partial charge is 0.493 e. The molecule has 1 aliphatic carbocycles. The number of ether oxygens (including phenoxy) is 3. The van der Waals surface area contributed by atoms with Gasteiger partial charge in [0.1, 0.15) is 25.2 Å². The molecule has 5 heteroatoms. The fourth-order valence-corrected chi connectivity index (χ4v) is 3.75. The highest BCUT2D eigenvalue weighted by molar-refractivity contribution is 5.57. The number of allylic oxidation sites excluding steroid dienone is 1. The lowest BCUT2D eigenvalue weighted by Crippen LogP contribution is -2.29. The van der Waals surface area contributed by atoms with Crippen LogP contribution >= 0.6 is 0 Å². The van der Waals surface area contributed by atoms with Gasteiger partial charge in [-0.25, -0.2) is 0 Å². The second-order valence-corrected chi connectivity index (χ2v) is 7.39. The van der Waals surface area contributed by atoms with Crippen molar-refractivity contribution in [3.05, 3.63) is 35.4 Å². The van der Waals surface area contributed by atoms with Crippen molar-refractivity contribution in [2.75, 3.05) is 33.5 Å². The van der Waals surface area contributed by atoms with Gasteiger partial charge in [0.2, 0.25) is 0 Å². The Labute approximate surface area is 169 Å². The lowest BCUT2D eigenvalue weighted by molar-refractivity contribution is 0.0587.